The van der Waals surface area contributed by atoms with Gasteiger partial charge in [0.2, 0.25) is 5.91 Å². The molecule has 2 fully saturated rings. The summed E-state index contributed by atoms with van der Waals surface area (Å²) < 4.78 is 6.27. The van der Waals surface area contributed by atoms with Crippen molar-refractivity contribution in [3.05, 3.63) is 108 Å². The van der Waals surface area contributed by atoms with E-state index in [2.05, 4.69) is 71.4 Å². The molecule has 1 amide bonds. The second-order valence-corrected chi connectivity index (χ2v) is 10.4. The number of piperazine rings is 1. The molecule has 0 aromatic heterocycles. The summed E-state index contributed by atoms with van der Waals surface area (Å²) in [5.74, 6) is 0.642. The average molecular weight is 498 g/mol. The van der Waals surface area contributed by atoms with Gasteiger partial charge in [-0.15, -0.1) is 0 Å². The molecule has 3 aromatic carbocycles. The number of nitrogens with zero attached hydrogens (tertiary/aromatic N) is 3. The van der Waals surface area contributed by atoms with Gasteiger partial charge >= 0.3 is 0 Å². The van der Waals surface area contributed by atoms with Crippen LogP contribution in [0.2, 0.25) is 0 Å². The lowest BCUT2D eigenvalue weighted by Gasteiger charge is -2.44. The lowest BCUT2D eigenvalue weighted by molar-refractivity contribution is -0.139. The Bertz CT molecular complexity index is 1050. The minimum absolute atomic E-state index is 0.0890. The van der Waals surface area contributed by atoms with Crippen LogP contribution in [0.15, 0.2) is 91.0 Å². The highest BCUT2D eigenvalue weighted by molar-refractivity contribution is 5.77. The number of hydrogen-bond acceptors (Lipinski definition) is 4. The first kappa shape index (κ1) is 25.7. The van der Waals surface area contributed by atoms with Crippen molar-refractivity contribution in [1.29, 1.82) is 0 Å². The zero-order chi connectivity index (χ0) is 25.5. The van der Waals surface area contributed by atoms with Crippen LogP contribution in [-0.2, 0) is 9.53 Å². The van der Waals surface area contributed by atoms with Crippen LogP contribution in [0.1, 0.15) is 41.7 Å². The topological polar surface area (TPSA) is 36.0 Å². The first-order valence-electron chi connectivity index (χ1n) is 13.7. The van der Waals surface area contributed by atoms with Gasteiger partial charge in [0.1, 0.15) is 12.7 Å². The van der Waals surface area contributed by atoms with Crippen LogP contribution in [0.4, 0.5) is 0 Å². The summed E-state index contributed by atoms with van der Waals surface area (Å²) in [5, 5.41) is 0. The molecule has 0 aliphatic carbocycles. The first-order chi connectivity index (χ1) is 18.2. The number of likely N-dealkylation sites (N-methyl/N-ethyl adjacent to an activating group) is 1. The fourth-order valence-corrected chi connectivity index (χ4v) is 5.88. The van der Waals surface area contributed by atoms with E-state index in [0.29, 0.717) is 12.0 Å². The molecule has 2 heterocycles. The fraction of sp³-hybridized carbons (Fsp3) is 0.406. The predicted molar refractivity (Wildman–Crippen MR) is 148 cm³/mol. The third-order valence-corrected chi connectivity index (χ3v) is 7.99. The zero-order valence-corrected chi connectivity index (χ0v) is 21.9. The molecule has 5 rings (SSSR count). The van der Waals surface area contributed by atoms with Crippen molar-refractivity contribution in [2.24, 2.45) is 5.92 Å². The number of hydrogen-bond donors (Lipinski definition) is 0. The second kappa shape index (κ2) is 12.5. The highest BCUT2D eigenvalue weighted by Crippen LogP contribution is 2.36. The molecule has 0 spiro atoms. The van der Waals surface area contributed by atoms with Crippen LogP contribution < -0.4 is 0 Å². The Morgan fingerprint density at radius 1 is 0.730 bits per heavy atom. The van der Waals surface area contributed by atoms with Crippen molar-refractivity contribution in [3.8, 4) is 0 Å². The Kier molecular flexibility index (Phi) is 8.67. The molecule has 2 aliphatic rings. The summed E-state index contributed by atoms with van der Waals surface area (Å²) in [7, 11) is 2.21. The second-order valence-electron chi connectivity index (χ2n) is 10.4. The average Bonchev–Trinajstić information content (AvgIpc) is 2.96. The Labute approximate surface area is 221 Å². The summed E-state index contributed by atoms with van der Waals surface area (Å²) in [4.78, 5) is 20.3. The van der Waals surface area contributed by atoms with Crippen molar-refractivity contribution >= 4 is 5.91 Å². The molecular formula is C32H39N3O2. The van der Waals surface area contributed by atoms with Gasteiger partial charge in [0.25, 0.3) is 0 Å². The van der Waals surface area contributed by atoms with Crippen LogP contribution in [-0.4, -0.2) is 73.5 Å². The van der Waals surface area contributed by atoms with E-state index in [1.807, 2.05) is 41.3 Å². The molecule has 0 saturated carbocycles. The predicted octanol–water partition coefficient (Wildman–Crippen LogP) is 5.02. The minimum Gasteiger partial charge on any atom is -0.359 e. The van der Waals surface area contributed by atoms with E-state index in [1.54, 1.807) is 0 Å². The molecule has 0 bridgehead atoms. The largest absolute Gasteiger partial charge is 0.359 e. The number of benzene rings is 3. The third-order valence-electron chi connectivity index (χ3n) is 7.99. The lowest BCUT2D eigenvalue weighted by Crippen LogP contribution is -2.49. The van der Waals surface area contributed by atoms with Crippen molar-refractivity contribution in [1.82, 2.24) is 14.7 Å². The van der Waals surface area contributed by atoms with Gasteiger partial charge in [0, 0.05) is 45.3 Å². The SMILES string of the molecule is CN1CCN(C(c2ccccc2)C2CCN(C(=O)COC(c3ccccc3)c3ccccc3)CC2)CC1. The van der Waals surface area contributed by atoms with Gasteiger partial charge in [-0.05, 0) is 42.5 Å². The van der Waals surface area contributed by atoms with Crippen molar-refractivity contribution in [3.63, 3.8) is 0 Å². The van der Waals surface area contributed by atoms with Gasteiger partial charge in [-0.1, -0.05) is 91.0 Å². The molecule has 2 aliphatic heterocycles. The normalized spacial score (nSPS) is 18.7. The van der Waals surface area contributed by atoms with Crippen LogP contribution in [0.3, 0.4) is 0 Å². The van der Waals surface area contributed by atoms with E-state index in [4.69, 9.17) is 4.74 Å². The van der Waals surface area contributed by atoms with Gasteiger partial charge in [0.15, 0.2) is 0 Å². The first-order valence-corrected chi connectivity index (χ1v) is 13.7. The molecule has 5 nitrogen and oxygen atoms in total. The zero-order valence-electron chi connectivity index (χ0n) is 21.9. The van der Waals surface area contributed by atoms with Crippen LogP contribution in [0.5, 0.6) is 0 Å². The number of piperidine rings is 1. The summed E-state index contributed by atoms with van der Waals surface area (Å²) >= 11 is 0. The van der Waals surface area contributed by atoms with E-state index in [-0.39, 0.29) is 18.6 Å². The maximum atomic E-state index is 13.2. The molecule has 0 radical (unpaired) electrons. The summed E-state index contributed by atoms with van der Waals surface area (Å²) in [6.45, 7) is 6.12. The fourth-order valence-electron chi connectivity index (χ4n) is 5.88. The van der Waals surface area contributed by atoms with E-state index in [0.717, 1.165) is 63.2 Å². The number of rotatable bonds is 8. The number of carbonyl (C=O) groups is 1. The van der Waals surface area contributed by atoms with Crippen molar-refractivity contribution in [2.75, 3.05) is 52.9 Å². The molecule has 5 heteroatoms. The molecule has 1 atom stereocenters. The van der Waals surface area contributed by atoms with Crippen LogP contribution in [0, 0.1) is 5.92 Å². The quantitative estimate of drug-likeness (QED) is 0.438. The van der Waals surface area contributed by atoms with Gasteiger partial charge in [-0.25, -0.2) is 0 Å². The van der Waals surface area contributed by atoms with Crippen LogP contribution >= 0.6 is 0 Å². The number of ether oxygens (including phenoxy) is 1. The Balaban J connectivity index is 1.21. The van der Waals surface area contributed by atoms with E-state index >= 15 is 0 Å². The van der Waals surface area contributed by atoms with Gasteiger partial charge in [-0.2, -0.15) is 0 Å². The number of amides is 1. The highest BCUT2D eigenvalue weighted by Gasteiger charge is 2.34. The standard InChI is InChI=1S/C32H39N3O2/c1-33-21-23-35(24-22-33)31(26-11-5-2-6-12-26)27-17-19-34(20-18-27)30(36)25-37-32(28-13-7-3-8-14-28)29-15-9-4-10-16-29/h2-16,27,31-32H,17-25H2,1H3. The molecule has 1 unspecified atom stereocenters. The van der Waals surface area contributed by atoms with E-state index < -0.39 is 0 Å². The van der Waals surface area contributed by atoms with E-state index in [1.165, 1.54) is 5.56 Å². The Morgan fingerprint density at radius 2 is 1.22 bits per heavy atom. The van der Waals surface area contributed by atoms with Gasteiger partial charge in [0.05, 0.1) is 0 Å². The third kappa shape index (κ3) is 6.48. The lowest BCUT2D eigenvalue weighted by atomic mass is 9.84. The number of likely N-dealkylation sites (tertiary alicyclic amines) is 1. The smallest absolute Gasteiger partial charge is 0.248 e. The molecule has 2 saturated heterocycles. The summed E-state index contributed by atoms with van der Waals surface area (Å²) in [6.07, 6.45) is 1.81. The molecule has 0 N–H and O–H groups in total. The van der Waals surface area contributed by atoms with Gasteiger partial charge in [-0.3, -0.25) is 9.69 Å². The Morgan fingerprint density at radius 3 is 1.73 bits per heavy atom. The summed E-state index contributed by atoms with van der Waals surface area (Å²) in [6, 6.07) is 31.7. The molecule has 3 aromatic rings. The van der Waals surface area contributed by atoms with Crippen molar-refractivity contribution < 1.29 is 9.53 Å². The molecule has 194 valence electrons. The monoisotopic (exact) mass is 497 g/mol. The van der Waals surface area contributed by atoms with E-state index in [9.17, 15) is 4.79 Å². The minimum atomic E-state index is -0.247. The maximum Gasteiger partial charge on any atom is 0.248 e. The molecule has 37 heavy (non-hydrogen) atoms. The molecular weight excluding hydrogens is 458 g/mol. The van der Waals surface area contributed by atoms with Crippen molar-refractivity contribution in [2.45, 2.75) is 25.0 Å². The number of carbonyl (C=O) groups excluding carboxylic acids is 1. The highest BCUT2D eigenvalue weighted by atomic mass is 16.5. The summed E-state index contributed by atoms with van der Waals surface area (Å²) in [5.41, 5.74) is 3.55. The van der Waals surface area contributed by atoms with Gasteiger partial charge < -0.3 is 14.5 Å². The Hall–Kier alpha value is -2.99. The maximum absolute atomic E-state index is 13.2. The van der Waals surface area contributed by atoms with Crippen LogP contribution in [0.25, 0.3) is 0 Å².